The van der Waals surface area contributed by atoms with Crippen LogP contribution in [0.3, 0.4) is 0 Å². The van der Waals surface area contributed by atoms with Crippen molar-refractivity contribution in [2.24, 2.45) is 10.5 Å². The van der Waals surface area contributed by atoms with Gasteiger partial charge in [-0.3, -0.25) is 9.36 Å². The molecule has 0 aromatic heterocycles. The van der Waals surface area contributed by atoms with Crippen LogP contribution in [0.5, 0.6) is 0 Å². The van der Waals surface area contributed by atoms with Crippen LogP contribution in [0.1, 0.15) is 5.56 Å². The number of carbonyl (C=O) groups is 1. The Morgan fingerprint density at radius 2 is 2.00 bits per heavy atom. The summed E-state index contributed by atoms with van der Waals surface area (Å²) in [6, 6.07) is 9.24. The Balaban J connectivity index is 0.00000400. The van der Waals surface area contributed by atoms with E-state index in [1.165, 1.54) is 11.9 Å². The molecule has 0 aliphatic carbocycles. The maximum Gasteiger partial charge on any atom is 0.325 e. The molecule has 1 rings (SSSR count). The normalized spacial score (nSPS) is 13.8. The number of nitrogens with zero attached hydrogens (tertiary/aromatic N) is 2. The minimum absolute atomic E-state index is 0. The summed E-state index contributed by atoms with van der Waals surface area (Å²) in [6.07, 6.45) is 0. The van der Waals surface area contributed by atoms with Crippen LogP contribution in [-0.2, 0) is 53.4 Å². The average molecular weight is 388 g/mol. The molecular formula is C12H18N3O4PY. The van der Waals surface area contributed by atoms with Crippen molar-refractivity contribution in [3.05, 3.63) is 35.9 Å². The smallest absolute Gasteiger partial charge is 0.325 e. The Bertz CT molecular complexity index is 533. The van der Waals surface area contributed by atoms with Gasteiger partial charge in [-0.2, -0.15) is 4.76 Å². The second kappa shape index (κ2) is 9.31. The van der Waals surface area contributed by atoms with Crippen molar-refractivity contribution in [3.63, 3.8) is 0 Å². The molecule has 0 bridgehead atoms. The van der Waals surface area contributed by atoms with E-state index >= 15 is 0 Å². The predicted octanol–water partition coefficient (Wildman–Crippen LogP) is 0.789. The van der Waals surface area contributed by atoms with Gasteiger partial charge in [0, 0.05) is 46.4 Å². The molecule has 3 N–H and O–H groups in total. The molecule has 21 heavy (non-hydrogen) atoms. The fraction of sp³-hybridized carbons (Fsp3) is 0.333. The van der Waals surface area contributed by atoms with Crippen LogP contribution in [0.25, 0.3) is 0 Å². The quantitative estimate of drug-likeness (QED) is 0.335. The van der Waals surface area contributed by atoms with Crippen LogP contribution in [0, 0.1) is 0 Å². The summed E-state index contributed by atoms with van der Waals surface area (Å²) in [5, 5.41) is 0. The fourth-order valence-electron chi connectivity index (χ4n) is 1.32. The summed E-state index contributed by atoms with van der Waals surface area (Å²) in [5.74, 6) is -0.687. The van der Waals surface area contributed by atoms with E-state index in [4.69, 9.17) is 15.4 Å². The van der Waals surface area contributed by atoms with Gasteiger partial charge in [0.05, 0.1) is 0 Å². The Morgan fingerprint density at radius 1 is 1.43 bits per heavy atom. The largest absolute Gasteiger partial charge is 0.459 e. The van der Waals surface area contributed by atoms with Gasteiger partial charge < -0.3 is 20.3 Å². The van der Waals surface area contributed by atoms with E-state index in [9.17, 15) is 9.36 Å². The number of hydrogen-bond acceptors (Lipinski definition) is 3. The summed E-state index contributed by atoms with van der Waals surface area (Å²) >= 11 is 0. The van der Waals surface area contributed by atoms with Gasteiger partial charge in [0.1, 0.15) is 13.2 Å². The number of hydrogen-bond donors (Lipinski definition) is 2. The average Bonchev–Trinajstić information content (AvgIpc) is 2.35. The molecular weight excluding hydrogens is 370 g/mol. The summed E-state index contributed by atoms with van der Waals surface area (Å²) in [6.45, 7) is 1.07. The van der Waals surface area contributed by atoms with Crippen molar-refractivity contribution < 1.29 is 51.7 Å². The molecule has 9 heteroatoms. The van der Waals surface area contributed by atoms with E-state index in [0.29, 0.717) is 0 Å². The molecule has 1 aromatic rings. The summed E-state index contributed by atoms with van der Waals surface area (Å²) in [7, 11) is -2.13. The van der Waals surface area contributed by atoms with E-state index in [1.807, 2.05) is 30.3 Å². The maximum atomic E-state index is 11.6. The van der Waals surface area contributed by atoms with E-state index in [1.54, 1.807) is 0 Å². The SMILES string of the molecule is CN(CC(=O)OCc1ccccc1)/C(N)=N/P(C)(=O)O.[Y]. The topological polar surface area (TPSA) is 105 Å². The van der Waals surface area contributed by atoms with Crippen molar-refractivity contribution in [3.8, 4) is 0 Å². The second-order valence-electron chi connectivity index (χ2n) is 4.30. The van der Waals surface area contributed by atoms with Crippen molar-refractivity contribution in [2.75, 3.05) is 20.3 Å². The number of benzene rings is 1. The molecule has 0 saturated carbocycles. The van der Waals surface area contributed by atoms with E-state index in [2.05, 4.69) is 4.76 Å². The first-order valence-corrected chi connectivity index (χ1v) is 7.90. The minimum Gasteiger partial charge on any atom is -0.459 e. The van der Waals surface area contributed by atoms with Gasteiger partial charge in [0.2, 0.25) is 0 Å². The summed E-state index contributed by atoms with van der Waals surface area (Å²) in [5.41, 5.74) is 6.37. The van der Waals surface area contributed by atoms with E-state index in [0.717, 1.165) is 12.2 Å². The van der Waals surface area contributed by atoms with E-state index < -0.39 is 13.5 Å². The van der Waals surface area contributed by atoms with Gasteiger partial charge in [-0.25, -0.2) is 0 Å². The second-order valence-corrected chi connectivity index (χ2v) is 6.17. The van der Waals surface area contributed by atoms with Crippen molar-refractivity contribution >= 4 is 19.4 Å². The van der Waals surface area contributed by atoms with Gasteiger partial charge in [0.15, 0.2) is 5.96 Å². The molecule has 1 radical (unpaired) electrons. The number of rotatable bonds is 5. The Morgan fingerprint density at radius 3 is 2.52 bits per heavy atom. The first-order chi connectivity index (χ1) is 9.28. The Labute approximate surface area is 149 Å². The molecule has 0 aliphatic heterocycles. The Kier molecular flexibility index (Phi) is 8.98. The molecule has 1 aromatic carbocycles. The molecule has 0 amide bonds. The van der Waals surface area contributed by atoms with Crippen LogP contribution in [0.15, 0.2) is 35.1 Å². The first kappa shape index (κ1) is 20.3. The molecule has 7 nitrogen and oxygen atoms in total. The third-order valence-corrected chi connectivity index (χ3v) is 2.86. The first-order valence-electron chi connectivity index (χ1n) is 5.84. The zero-order valence-electron chi connectivity index (χ0n) is 12.0. The molecule has 0 fully saturated rings. The zero-order chi connectivity index (χ0) is 15.2. The van der Waals surface area contributed by atoms with Crippen molar-refractivity contribution in [1.29, 1.82) is 0 Å². The summed E-state index contributed by atoms with van der Waals surface area (Å²) in [4.78, 5) is 21.9. The van der Waals surface area contributed by atoms with Gasteiger partial charge >= 0.3 is 13.5 Å². The van der Waals surface area contributed by atoms with Crippen molar-refractivity contribution in [1.82, 2.24) is 4.90 Å². The number of ether oxygens (including phenoxy) is 1. The number of nitrogens with two attached hydrogens (primary N) is 1. The zero-order valence-corrected chi connectivity index (χ0v) is 15.7. The van der Waals surface area contributed by atoms with Gasteiger partial charge in [0.25, 0.3) is 0 Å². The van der Waals surface area contributed by atoms with Crippen LogP contribution in [0.2, 0.25) is 0 Å². The van der Waals surface area contributed by atoms with Gasteiger partial charge in [-0.1, -0.05) is 30.3 Å². The molecule has 1 atom stereocenters. The molecule has 0 saturated heterocycles. The Hall–Kier alpha value is -0.746. The minimum atomic E-state index is -3.61. The summed E-state index contributed by atoms with van der Waals surface area (Å²) < 4.78 is 19.5. The maximum absolute atomic E-state index is 11.6. The van der Waals surface area contributed by atoms with Crippen molar-refractivity contribution in [2.45, 2.75) is 6.61 Å². The monoisotopic (exact) mass is 388 g/mol. The van der Waals surface area contributed by atoms with Gasteiger partial charge in [-0.15, -0.1) is 0 Å². The fourth-order valence-corrected chi connectivity index (χ4v) is 1.86. The molecule has 0 aliphatic rings. The number of carbonyl (C=O) groups excluding carboxylic acids is 1. The molecule has 0 heterocycles. The van der Waals surface area contributed by atoms with Crippen LogP contribution in [0.4, 0.5) is 0 Å². The number of likely N-dealkylation sites (N-methyl/N-ethyl adjacent to an activating group) is 1. The third-order valence-electron chi connectivity index (χ3n) is 2.29. The molecule has 113 valence electrons. The standard InChI is InChI=1S/C12H18N3O4P.Y/c1-15(12(13)14-20(2,17)18)8-11(16)19-9-10-6-4-3-5-7-10;/h3-7H,8-9H2,1-2H3,(H3,13,14,17,18);. The van der Waals surface area contributed by atoms with Crippen LogP contribution >= 0.6 is 7.52 Å². The van der Waals surface area contributed by atoms with Crippen LogP contribution in [-0.4, -0.2) is 42.0 Å². The third kappa shape index (κ3) is 8.99. The number of esters is 1. The van der Waals surface area contributed by atoms with Crippen LogP contribution < -0.4 is 5.73 Å². The number of guanidine groups is 1. The van der Waals surface area contributed by atoms with Gasteiger partial charge in [-0.05, 0) is 5.56 Å². The molecule has 1 unspecified atom stereocenters. The predicted molar refractivity (Wildman–Crippen MR) is 76.2 cm³/mol. The van der Waals surface area contributed by atoms with E-state index in [-0.39, 0.29) is 51.8 Å². The molecule has 0 spiro atoms.